The maximum Gasteiger partial charge on any atom is 0.261 e. The first kappa shape index (κ1) is 15.3. The number of hydrogen-bond acceptors (Lipinski definition) is 6. The predicted octanol–water partition coefficient (Wildman–Crippen LogP) is 2.65. The summed E-state index contributed by atoms with van der Waals surface area (Å²) < 4.78 is 0. The average Bonchev–Trinajstić information content (AvgIpc) is 3.27. The van der Waals surface area contributed by atoms with Crippen LogP contribution in [0.4, 0.5) is 0 Å². The molecule has 0 aliphatic carbocycles. The van der Waals surface area contributed by atoms with Crippen LogP contribution in [0.15, 0.2) is 30.5 Å². The summed E-state index contributed by atoms with van der Waals surface area (Å²) in [7, 11) is 0. The number of nitrogens with one attached hydrogen (secondary N) is 2. The summed E-state index contributed by atoms with van der Waals surface area (Å²) in [6.07, 6.45) is 2.76. The summed E-state index contributed by atoms with van der Waals surface area (Å²) in [4.78, 5) is 23.0. The lowest BCUT2D eigenvalue weighted by molar-refractivity contribution is 0.0954. The van der Waals surface area contributed by atoms with Crippen LogP contribution in [0, 0.1) is 0 Å². The average molecular weight is 357 g/mol. The molecule has 24 heavy (non-hydrogen) atoms. The van der Waals surface area contributed by atoms with Crippen molar-refractivity contribution in [3.05, 3.63) is 51.6 Å². The molecule has 122 valence electrons. The Morgan fingerprint density at radius 2 is 2.33 bits per heavy atom. The third-order valence-corrected chi connectivity index (χ3v) is 5.94. The quantitative estimate of drug-likeness (QED) is 0.750. The number of fused-ring (bicyclic) bond motifs is 1. The van der Waals surface area contributed by atoms with E-state index in [0.29, 0.717) is 23.9 Å². The molecule has 4 rings (SSSR count). The van der Waals surface area contributed by atoms with Gasteiger partial charge in [-0.25, -0.2) is 4.98 Å². The molecule has 0 fully saturated rings. The van der Waals surface area contributed by atoms with Crippen LogP contribution in [0.2, 0.25) is 0 Å². The van der Waals surface area contributed by atoms with Gasteiger partial charge in [0.25, 0.3) is 5.91 Å². The van der Waals surface area contributed by atoms with Gasteiger partial charge in [0.15, 0.2) is 5.82 Å². The minimum Gasteiger partial charge on any atom is -0.344 e. The topological polar surface area (TPSA) is 83.6 Å². The van der Waals surface area contributed by atoms with Crippen molar-refractivity contribution in [2.75, 3.05) is 5.75 Å². The molecule has 1 aliphatic rings. The standard InChI is InChI=1S/C16H15N5OS2/c22-16(13-7-10-9-23-6-4-12(10)24-13)18-8-14-19-15(21-20-14)11-3-1-2-5-17-11/h1-3,5,7H,4,6,8-9H2,(H,18,22)(H,19,20,21). The summed E-state index contributed by atoms with van der Waals surface area (Å²) >= 11 is 3.52. The number of aromatic nitrogens is 4. The molecule has 0 aromatic carbocycles. The Labute approximate surface area is 147 Å². The number of pyridine rings is 1. The van der Waals surface area contributed by atoms with Gasteiger partial charge < -0.3 is 5.32 Å². The number of rotatable bonds is 4. The van der Waals surface area contributed by atoms with E-state index in [2.05, 4.69) is 25.5 Å². The number of nitrogens with zero attached hydrogens (tertiary/aromatic N) is 3. The number of aromatic amines is 1. The molecule has 0 unspecified atom stereocenters. The lowest BCUT2D eigenvalue weighted by atomic mass is 10.2. The van der Waals surface area contributed by atoms with Crippen molar-refractivity contribution < 1.29 is 4.79 Å². The van der Waals surface area contributed by atoms with E-state index in [-0.39, 0.29) is 5.91 Å². The highest BCUT2D eigenvalue weighted by molar-refractivity contribution is 7.98. The molecule has 0 atom stereocenters. The fourth-order valence-corrected chi connectivity index (χ4v) is 4.78. The molecule has 0 radical (unpaired) electrons. The monoisotopic (exact) mass is 357 g/mol. The molecule has 0 saturated carbocycles. The van der Waals surface area contributed by atoms with E-state index in [1.807, 2.05) is 36.0 Å². The van der Waals surface area contributed by atoms with Crippen LogP contribution in [0.25, 0.3) is 11.5 Å². The van der Waals surface area contributed by atoms with Crippen LogP contribution in [-0.4, -0.2) is 31.8 Å². The van der Waals surface area contributed by atoms with Crippen LogP contribution >= 0.6 is 23.1 Å². The highest BCUT2D eigenvalue weighted by Gasteiger charge is 2.17. The molecular weight excluding hydrogens is 342 g/mol. The zero-order chi connectivity index (χ0) is 16.4. The van der Waals surface area contributed by atoms with E-state index in [9.17, 15) is 4.79 Å². The Hall–Kier alpha value is -2.19. The number of H-pyrrole nitrogens is 1. The molecule has 3 aromatic heterocycles. The Kier molecular flexibility index (Phi) is 4.31. The van der Waals surface area contributed by atoms with Gasteiger partial charge in [-0.3, -0.25) is 14.9 Å². The van der Waals surface area contributed by atoms with E-state index in [0.717, 1.165) is 22.8 Å². The first-order valence-corrected chi connectivity index (χ1v) is 9.57. The number of hydrogen-bond donors (Lipinski definition) is 2. The first-order chi connectivity index (χ1) is 11.8. The minimum atomic E-state index is -0.0600. The predicted molar refractivity (Wildman–Crippen MR) is 95.0 cm³/mol. The van der Waals surface area contributed by atoms with Crippen LogP contribution in [0.5, 0.6) is 0 Å². The first-order valence-electron chi connectivity index (χ1n) is 7.60. The van der Waals surface area contributed by atoms with E-state index in [1.165, 1.54) is 10.4 Å². The number of thiophene rings is 1. The van der Waals surface area contributed by atoms with Gasteiger partial charge in [0, 0.05) is 16.8 Å². The van der Waals surface area contributed by atoms with Gasteiger partial charge in [-0.1, -0.05) is 6.07 Å². The summed E-state index contributed by atoms with van der Waals surface area (Å²) in [6.45, 7) is 0.315. The number of thioether (sulfide) groups is 1. The molecule has 3 aromatic rings. The zero-order valence-corrected chi connectivity index (χ0v) is 14.4. The molecule has 0 spiro atoms. The van der Waals surface area contributed by atoms with Gasteiger partial charge in [-0.2, -0.15) is 16.9 Å². The van der Waals surface area contributed by atoms with Gasteiger partial charge in [0.2, 0.25) is 0 Å². The fourth-order valence-electron chi connectivity index (χ4n) is 2.49. The molecular formula is C16H15N5OS2. The van der Waals surface area contributed by atoms with Crippen molar-refractivity contribution in [2.45, 2.75) is 18.7 Å². The lowest BCUT2D eigenvalue weighted by Gasteiger charge is -2.08. The molecule has 0 saturated heterocycles. The van der Waals surface area contributed by atoms with Gasteiger partial charge in [0.1, 0.15) is 11.5 Å². The highest BCUT2D eigenvalue weighted by Crippen LogP contribution is 2.31. The molecule has 1 amide bonds. The summed E-state index contributed by atoms with van der Waals surface area (Å²) in [6, 6.07) is 7.59. The van der Waals surface area contributed by atoms with Gasteiger partial charge in [-0.15, -0.1) is 11.3 Å². The van der Waals surface area contributed by atoms with E-state index in [1.54, 1.807) is 17.5 Å². The second-order valence-electron chi connectivity index (χ2n) is 5.37. The van der Waals surface area contributed by atoms with E-state index in [4.69, 9.17) is 0 Å². The minimum absolute atomic E-state index is 0.0600. The van der Waals surface area contributed by atoms with Crippen molar-refractivity contribution in [2.24, 2.45) is 0 Å². The van der Waals surface area contributed by atoms with Crippen LogP contribution < -0.4 is 5.32 Å². The summed E-state index contributed by atoms with van der Waals surface area (Å²) in [5.74, 6) is 3.23. The molecule has 0 bridgehead atoms. The Morgan fingerprint density at radius 1 is 1.38 bits per heavy atom. The molecule has 4 heterocycles. The molecule has 8 heteroatoms. The largest absolute Gasteiger partial charge is 0.344 e. The molecule has 6 nitrogen and oxygen atoms in total. The normalized spacial score (nSPS) is 13.5. The SMILES string of the molecule is O=C(NCc1nc(-c2ccccn2)n[nH]1)c1cc2c(s1)CCSC2. The van der Waals surface area contributed by atoms with Gasteiger partial charge >= 0.3 is 0 Å². The Bertz CT molecular complexity index is 835. The number of carbonyl (C=O) groups is 1. The van der Waals surface area contributed by atoms with Gasteiger partial charge in [-0.05, 0) is 35.9 Å². The number of amides is 1. The number of aryl methyl sites for hydroxylation is 1. The third-order valence-electron chi connectivity index (χ3n) is 3.69. The Morgan fingerprint density at radius 3 is 3.17 bits per heavy atom. The zero-order valence-electron chi connectivity index (χ0n) is 12.8. The van der Waals surface area contributed by atoms with Crippen LogP contribution in [0.3, 0.4) is 0 Å². The van der Waals surface area contributed by atoms with Crippen LogP contribution in [-0.2, 0) is 18.7 Å². The third kappa shape index (κ3) is 3.20. The maximum atomic E-state index is 12.3. The van der Waals surface area contributed by atoms with E-state index >= 15 is 0 Å². The highest BCUT2D eigenvalue weighted by atomic mass is 32.2. The fraction of sp³-hybridized carbons (Fsp3) is 0.250. The lowest BCUT2D eigenvalue weighted by Crippen LogP contribution is -2.22. The van der Waals surface area contributed by atoms with E-state index < -0.39 is 0 Å². The maximum absolute atomic E-state index is 12.3. The summed E-state index contributed by atoms with van der Waals surface area (Å²) in [5, 5.41) is 9.88. The summed E-state index contributed by atoms with van der Waals surface area (Å²) in [5.41, 5.74) is 2.01. The number of carbonyl (C=O) groups excluding carboxylic acids is 1. The Balaban J connectivity index is 1.41. The van der Waals surface area contributed by atoms with Crippen molar-refractivity contribution in [1.82, 2.24) is 25.5 Å². The second kappa shape index (κ2) is 6.74. The molecule has 1 aliphatic heterocycles. The molecule has 2 N–H and O–H groups in total. The van der Waals surface area contributed by atoms with Crippen molar-refractivity contribution in [3.8, 4) is 11.5 Å². The smallest absolute Gasteiger partial charge is 0.261 e. The van der Waals surface area contributed by atoms with Crippen molar-refractivity contribution in [1.29, 1.82) is 0 Å². The second-order valence-corrected chi connectivity index (χ2v) is 7.61. The van der Waals surface area contributed by atoms with Gasteiger partial charge in [0.05, 0.1) is 11.4 Å². The van der Waals surface area contributed by atoms with Crippen LogP contribution in [0.1, 0.15) is 25.9 Å². The van der Waals surface area contributed by atoms with Crippen molar-refractivity contribution >= 4 is 29.0 Å². The van der Waals surface area contributed by atoms with Crippen molar-refractivity contribution in [3.63, 3.8) is 0 Å².